The van der Waals surface area contributed by atoms with Crippen molar-refractivity contribution in [1.29, 1.82) is 0 Å². The van der Waals surface area contributed by atoms with Crippen molar-refractivity contribution in [1.82, 2.24) is 14.9 Å². The van der Waals surface area contributed by atoms with Gasteiger partial charge in [0.05, 0.1) is 18.8 Å². The van der Waals surface area contributed by atoms with E-state index in [0.29, 0.717) is 36.9 Å². The van der Waals surface area contributed by atoms with Gasteiger partial charge in [0.25, 0.3) is 0 Å². The predicted molar refractivity (Wildman–Crippen MR) is 107 cm³/mol. The topological polar surface area (TPSA) is 111 Å². The van der Waals surface area contributed by atoms with Gasteiger partial charge in [-0.3, -0.25) is 9.59 Å². The molecule has 9 heteroatoms. The first-order valence-electron chi connectivity index (χ1n) is 9.23. The van der Waals surface area contributed by atoms with Crippen molar-refractivity contribution in [2.45, 2.75) is 6.10 Å². The Bertz CT molecular complexity index is 902. The molecule has 9 nitrogen and oxygen atoms in total. The van der Waals surface area contributed by atoms with E-state index in [1.165, 1.54) is 7.11 Å². The Morgan fingerprint density at radius 1 is 1.38 bits per heavy atom. The normalized spacial score (nSPS) is 16.5. The zero-order chi connectivity index (χ0) is 21.0. The van der Waals surface area contributed by atoms with Crippen LogP contribution in [0.2, 0.25) is 0 Å². The highest BCUT2D eigenvalue weighted by molar-refractivity contribution is 5.94. The number of aromatic nitrogens is 2. The molecule has 0 unspecified atom stereocenters. The van der Waals surface area contributed by atoms with E-state index in [-0.39, 0.29) is 12.5 Å². The molecule has 154 valence electrons. The molecule has 2 heterocycles. The largest absolute Gasteiger partial charge is 0.375 e. The number of primary amides is 1. The minimum Gasteiger partial charge on any atom is -0.375 e. The standard InChI is InChI=1S/C20H25N5O4/c1-24(2)20-22-10-15(13-5-4-6-14(9-13)19(21)27)18(23-20)16-11-25(7-8-29-16)17(26)12-28-3/h4-6,9-10,16H,7-8,11-12H2,1-3H3,(H2,21,27)/t16-/m1/s1. The smallest absolute Gasteiger partial charge is 0.248 e. The third-order valence-corrected chi connectivity index (χ3v) is 4.66. The number of morpholine rings is 1. The number of methoxy groups -OCH3 is 1. The van der Waals surface area contributed by atoms with Crippen molar-refractivity contribution in [2.75, 3.05) is 52.4 Å². The predicted octanol–water partition coefficient (Wildman–Crippen LogP) is 0.855. The summed E-state index contributed by atoms with van der Waals surface area (Å²) in [5.74, 6) is -0.0804. The molecule has 0 radical (unpaired) electrons. The summed E-state index contributed by atoms with van der Waals surface area (Å²) in [5, 5.41) is 0. The quantitative estimate of drug-likeness (QED) is 0.767. The summed E-state index contributed by atoms with van der Waals surface area (Å²) >= 11 is 0. The number of anilines is 1. The van der Waals surface area contributed by atoms with Gasteiger partial charge in [-0.25, -0.2) is 9.97 Å². The van der Waals surface area contributed by atoms with Crippen LogP contribution in [0, 0.1) is 0 Å². The van der Waals surface area contributed by atoms with Crippen LogP contribution in [-0.2, 0) is 14.3 Å². The monoisotopic (exact) mass is 399 g/mol. The number of amides is 2. The summed E-state index contributed by atoms with van der Waals surface area (Å²) in [6, 6.07) is 6.98. The maximum absolute atomic E-state index is 12.3. The number of carbonyl (C=O) groups is 2. The lowest BCUT2D eigenvalue weighted by atomic mass is 9.99. The zero-order valence-corrected chi connectivity index (χ0v) is 16.8. The SMILES string of the molecule is COCC(=O)N1CCO[C@@H](c2nc(N(C)C)ncc2-c2cccc(C(N)=O)c2)C1. The fourth-order valence-electron chi connectivity index (χ4n) is 3.16. The fraction of sp³-hybridized carbons (Fsp3) is 0.400. The number of rotatable bonds is 6. The highest BCUT2D eigenvalue weighted by atomic mass is 16.5. The van der Waals surface area contributed by atoms with Crippen molar-refractivity contribution >= 4 is 17.8 Å². The van der Waals surface area contributed by atoms with Gasteiger partial charge < -0.3 is 25.0 Å². The molecule has 1 atom stereocenters. The van der Waals surface area contributed by atoms with Gasteiger partial charge in [-0.1, -0.05) is 12.1 Å². The Morgan fingerprint density at radius 3 is 2.86 bits per heavy atom. The van der Waals surface area contributed by atoms with Crippen LogP contribution >= 0.6 is 0 Å². The minimum absolute atomic E-state index is 0.0208. The first-order chi connectivity index (χ1) is 13.9. The van der Waals surface area contributed by atoms with Crippen LogP contribution in [0.5, 0.6) is 0 Å². The van der Waals surface area contributed by atoms with Gasteiger partial charge in [0, 0.05) is 45.1 Å². The molecular weight excluding hydrogens is 374 g/mol. The summed E-state index contributed by atoms with van der Waals surface area (Å²) in [7, 11) is 5.19. The van der Waals surface area contributed by atoms with Gasteiger partial charge in [0.1, 0.15) is 12.7 Å². The molecule has 1 aliphatic rings. The van der Waals surface area contributed by atoms with Gasteiger partial charge in [0.2, 0.25) is 17.8 Å². The molecule has 1 aromatic heterocycles. The molecule has 2 amide bonds. The average molecular weight is 399 g/mol. The lowest BCUT2D eigenvalue weighted by Gasteiger charge is -2.33. The molecule has 0 spiro atoms. The van der Waals surface area contributed by atoms with Crippen LogP contribution in [0.25, 0.3) is 11.1 Å². The first kappa shape index (κ1) is 20.7. The third kappa shape index (κ3) is 4.69. The molecule has 2 N–H and O–H groups in total. The maximum atomic E-state index is 12.3. The van der Waals surface area contributed by atoms with Crippen LogP contribution in [0.3, 0.4) is 0 Å². The molecule has 29 heavy (non-hydrogen) atoms. The summed E-state index contributed by atoms with van der Waals surface area (Å²) < 4.78 is 10.9. The minimum atomic E-state index is -0.510. The number of hydrogen-bond donors (Lipinski definition) is 1. The van der Waals surface area contributed by atoms with Crippen molar-refractivity contribution in [3.63, 3.8) is 0 Å². The Hall–Kier alpha value is -3.04. The summed E-state index contributed by atoms with van der Waals surface area (Å²) in [6.45, 7) is 1.26. The molecule has 0 bridgehead atoms. The van der Waals surface area contributed by atoms with Crippen LogP contribution in [-0.4, -0.2) is 74.2 Å². The lowest BCUT2D eigenvalue weighted by molar-refractivity contribution is -0.143. The van der Waals surface area contributed by atoms with Crippen LogP contribution in [0.4, 0.5) is 5.95 Å². The number of nitrogens with two attached hydrogens (primary N) is 1. The molecule has 0 saturated carbocycles. The Labute approximate surface area is 169 Å². The van der Waals surface area contributed by atoms with E-state index in [0.717, 1.165) is 11.1 Å². The molecule has 1 aromatic carbocycles. The van der Waals surface area contributed by atoms with Crippen molar-refractivity contribution < 1.29 is 19.1 Å². The Morgan fingerprint density at radius 2 is 2.17 bits per heavy atom. The molecule has 1 saturated heterocycles. The first-order valence-corrected chi connectivity index (χ1v) is 9.23. The molecular formula is C20H25N5O4. The van der Waals surface area contributed by atoms with Gasteiger partial charge in [0.15, 0.2) is 0 Å². The number of ether oxygens (including phenoxy) is 2. The number of hydrogen-bond acceptors (Lipinski definition) is 7. The van der Waals surface area contributed by atoms with Crippen LogP contribution in [0.15, 0.2) is 30.5 Å². The van der Waals surface area contributed by atoms with Crippen molar-refractivity contribution in [3.05, 3.63) is 41.7 Å². The number of nitrogens with zero attached hydrogens (tertiary/aromatic N) is 4. The van der Waals surface area contributed by atoms with E-state index in [1.807, 2.05) is 20.2 Å². The maximum Gasteiger partial charge on any atom is 0.248 e. The van der Waals surface area contributed by atoms with E-state index in [9.17, 15) is 9.59 Å². The molecule has 1 aliphatic heterocycles. The van der Waals surface area contributed by atoms with Crippen LogP contribution < -0.4 is 10.6 Å². The lowest BCUT2D eigenvalue weighted by Crippen LogP contribution is -2.44. The van der Waals surface area contributed by atoms with E-state index >= 15 is 0 Å². The molecule has 2 aromatic rings. The number of benzene rings is 1. The van der Waals surface area contributed by atoms with Crippen LogP contribution in [0.1, 0.15) is 22.2 Å². The average Bonchev–Trinajstić information content (AvgIpc) is 2.73. The van der Waals surface area contributed by atoms with Crippen molar-refractivity contribution in [3.8, 4) is 11.1 Å². The third-order valence-electron chi connectivity index (χ3n) is 4.66. The summed E-state index contributed by atoms with van der Waals surface area (Å²) in [5.41, 5.74) is 7.96. The molecule has 0 aliphatic carbocycles. The fourth-order valence-corrected chi connectivity index (χ4v) is 3.16. The number of carbonyl (C=O) groups excluding carboxylic acids is 2. The van der Waals surface area contributed by atoms with Crippen molar-refractivity contribution in [2.24, 2.45) is 5.73 Å². The second-order valence-electron chi connectivity index (χ2n) is 6.94. The summed E-state index contributed by atoms with van der Waals surface area (Å²) in [6.07, 6.45) is 1.27. The zero-order valence-electron chi connectivity index (χ0n) is 16.8. The van der Waals surface area contributed by atoms with E-state index in [2.05, 4.69) is 4.98 Å². The summed E-state index contributed by atoms with van der Waals surface area (Å²) in [4.78, 5) is 36.5. The molecule has 1 fully saturated rings. The highest BCUT2D eigenvalue weighted by Gasteiger charge is 2.29. The van der Waals surface area contributed by atoms with Gasteiger partial charge in [-0.05, 0) is 17.7 Å². The Kier molecular flexibility index (Phi) is 6.40. The van der Waals surface area contributed by atoms with E-state index in [4.69, 9.17) is 20.2 Å². The second kappa shape index (κ2) is 8.97. The highest BCUT2D eigenvalue weighted by Crippen LogP contribution is 2.32. The Balaban J connectivity index is 2.02. The van der Waals surface area contributed by atoms with Gasteiger partial charge in [-0.15, -0.1) is 0 Å². The van der Waals surface area contributed by atoms with Gasteiger partial charge in [-0.2, -0.15) is 0 Å². The second-order valence-corrected chi connectivity index (χ2v) is 6.94. The molecule has 3 rings (SSSR count). The van der Waals surface area contributed by atoms with E-state index < -0.39 is 12.0 Å². The van der Waals surface area contributed by atoms with Gasteiger partial charge >= 0.3 is 0 Å². The van der Waals surface area contributed by atoms with E-state index in [1.54, 1.807) is 34.2 Å².